The third-order valence-corrected chi connectivity index (χ3v) is 5.94. The summed E-state index contributed by atoms with van der Waals surface area (Å²) >= 11 is 3.62. The Kier molecular flexibility index (Phi) is 2.74. The van der Waals surface area contributed by atoms with Crippen LogP contribution in [0.3, 0.4) is 0 Å². The van der Waals surface area contributed by atoms with Gasteiger partial charge in [0.15, 0.2) is 0 Å². The van der Waals surface area contributed by atoms with E-state index in [4.69, 9.17) is 0 Å². The largest absolute Gasteiger partial charge is 0.361 e. The molecule has 16 heavy (non-hydrogen) atoms. The summed E-state index contributed by atoms with van der Waals surface area (Å²) in [6, 6.07) is 0. The van der Waals surface area contributed by atoms with Crippen LogP contribution in [-0.2, 0) is 0 Å². The first-order valence-electron chi connectivity index (χ1n) is 5.46. The Balaban J connectivity index is 2.83. The van der Waals surface area contributed by atoms with Gasteiger partial charge in [0.1, 0.15) is 0 Å². The van der Waals surface area contributed by atoms with Gasteiger partial charge in [-0.3, -0.25) is 4.98 Å². The van der Waals surface area contributed by atoms with E-state index < -0.39 is 8.07 Å². The predicted molar refractivity (Wildman–Crippen MR) is 76.2 cm³/mol. The molecular weight excluding hydrogens is 280 g/mol. The number of nitrogens with zero attached hydrogens (tertiary/aromatic N) is 1. The van der Waals surface area contributed by atoms with Crippen molar-refractivity contribution in [3.05, 3.63) is 21.9 Å². The van der Waals surface area contributed by atoms with Crippen molar-refractivity contribution in [2.75, 3.05) is 0 Å². The van der Waals surface area contributed by atoms with E-state index in [9.17, 15) is 0 Å². The van der Waals surface area contributed by atoms with Crippen LogP contribution in [0.5, 0.6) is 0 Å². The zero-order valence-corrected chi connectivity index (χ0v) is 13.0. The zero-order valence-electron chi connectivity index (χ0n) is 10.4. The van der Waals surface area contributed by atoms with Gasteiger partial charge in [0.2, 0.25) is 0 Å². The summed E-state index contributed by atoms with van der Waals surface area (Å²) in [6.45, 7) is 11.3. The van der Waals surface area contributed by atoms with Crippen LogP contribution in [0.2, 0.25) is 19.6 Å². The maximum Gasteiger partial charge on any atom is 0.0985 e. The summed E-state index contributed by atoms with van der Waals surface area (Å²) in [7, 11) is -1.31. The van der Waals surface area contributed by atoms with Crippen molar-refractivity contribution in [3.63, 3.8) is 0 Å². The molecule has 0 bridgehead atoms. The minimum atomic E-state index is -1.31. The molecule has 0 radical (unpaired) electrons. The fraction of sp³-hybridized carbons (Fsp3) is 0.417. The van der Waals surface area contributed by atoms with Gasteiger partial charge in [-0.15, -0.1) is 0 Å². The molecule has 0 fully saturated rings. The minimum Gasteiger partial charge on any atom is -0.361 e. The lowest BCUT2D eigenvalue weighted by Gasteiger charge is -2.15. The average Bonchev–Trinajstić information content (AvgIpc) is 2.50. The highest BCUT2D eigenvalue weighted by molar-refractivity contribution is 9.10. The lowest BCUT2D eigenvalue weighted by atomic mass is 10.2. The van der Waals surface area contributed by atoms with Crippen LogP contribution in [0.25, 0.3) is 10.9 Å². The number of hydrogen-bond donors (Lipinski definition) is 1. The highest BCUT2D eigenvalue weighted by Crippen LogP contribution is 2.27. The first-order valence-corrected chi connectivity index (χ1v) is 9.75. The molecule has 86 valence electrons. The molecule has 1 N–H and O–H groups in total. The molecule has 0 unspecified atom stereocenters. The Hall–Kier alpha value is -0.613. The Morgan fingerprint density at radius 3 is 2.44 bits per heavy atom. The van der Waals surface area contributed by atoms with Crippen LogP contribution < -0.4 is 5.32 Å². The monoisotopic (exact) mass is 296 g/mol. The van der Waals surface area contributed by atoms with Gasteiger partial charge in [0.25, 0.3) is 0 Å². The van der Waals surface area contributed by atoms with Crippen molar-refractivity contribution in [2.45, 2.75) is 33.5 Å². The fourth-order valence-electron chi connectivity index (χ4n) is 2.09. The first-order chi connectivity index (χ1) is 7.32. The summed E-state index contributed by atoms with van der Waals surface area (Å²) in [5, 5.41) is 2.67. The average molecular weight is 297 g/mol. The number of pyridine rings is 1. The van der Waals surface area contributed by atoms with Gasteiger partial charge in [-0.05, 0) is 35.3 Å². The second-order valence-electron chi connectivity index (χ2n) is 5.32. The number of H-pyrrole nitrogens is 1. The number of halogens is 1. The SMILES string of the molecule is Cc1ncc2c(C)c([Si](C)(C)C)[nH]c2c1Br. The maximum atomic E-state index is 4.41. The van der Waals surface area contributed by atoms with E-state index in [1.165, 1.54) is 21.8 Å². The Bertz CT molecular complexity index is 552. The van der Waals surface area contributed by atoms with E-state index >= 15 is 0 Å². The van der Waals surface area contributed by atoms with Crippen LogP contribution in [0.15, 0.2) is 10.7 Å². The standard InChI is InChI=1S/C12H17BrN2Si/c1-7-9-6-14-8(2)10(13)11(9)15-12(7)16(3,4)5/h6,15H,1-5H3. The molecule has 0 aromatic carbocycles. The molecule has 2 aromatic rings. The highest BCUT2D eigenvalue weighted by atomic mass is 79.9. The molecule has 0 spiro atoms. The Morgan fingerprint density at radius 1 is 1.25 bits per heavy atom. The fourth-order valence-corrected chi connectivity index (χ4v) is 4.27. The molecule has 2 nitrogen and oxygen atoms in total. The number of rotatable bonds is 1. The van der Waals surface area contributed by atoms with Gasteiger partial charge in [-0.1, -0.05) is 19.6 Å². The van der Waals surface area contributed by atoms with Gasteiger partial charge in [-0.25, -0.2) is 0 Å². The lowest BCUT2D eigenvalue weighted by molar-refractivity contribution is 1.20. The molecule has 2 heterocycles. The van der Waals surface area contributed by atoms with Gasteiger partial charge >= 0.3 is 0 Å². The third-order valence-electron chi connectivity index (χ3n) is 2.97. The second-order valence-corrected chi connectivity index (χ2v) is 11.1. The molecule has 2 aromatic heterocycles. The Morgan fingerprint density at radius 2 is 1.88 bits per heavy atom. The normalized spacial score (nSPS) is 12.4. The minimum absolute atomic E-state index is 1.04. The molecule has 0 amide bonds. The second kappa shape index (κ2) is 3.70. The zero-order chi connectivity index (χ0) is 12.1. The van der Waals surface area contributed by atoms with Crippen LogP contribution >= 0.6 is 15.9 Å². The van der Waals surface area contributed by atoms with Crippen LogP contribution in [0, 0.1) is 13.8 Å². The molecule has 2 rings (SSSR count). The molecule has 0 saturated heterocycles. The van der Waals surface area contributed by atoms with Gasteiger partial charge in [0.05, 0.1) is 23.8 Å². The van der Waals surface area contributed by atoms with E-state index in [2.05, 4.69) is 52.5 Å². The Labute approximate surface area is 106 Å². The quantitative estimate of drug-likeness (QED) is 0.802. The molecular formula is C12H17BrN2Si. The van der Waals surface area contributed by atoms with Crippen LogP contribution in [0.4, 0.5) is 0 Å². The highest BCUT2D eigenvalue weighted by Gasteiger charge is 2.23. The maximum absolute atomic E-state index is 4.41. The van der Waals surface area contributed by atoms with Crippen molar-refractivity contribution in [1.29, 1.82) is 0 Å². The molecule has 0 aliphatic rings. The first kappa shape index (κ1) is 11.9. The van der Waals surface area contributed by atoms with Gasteiger partial charge in [0, 0.05) is 16.9 Å². The summed E-state index contributed by atoms with van der Waals surface area (Å²) in [5.41, 5.74) is 3.60. The van der Waals surface area contributed by atoms with E-state index in [1.54, 1.807) is 0 Å². The number of fused-ring (bicyclic) bond motifs is 1. The van der Waals surface area contributed by atoms with Gasteiger partial charge in [-0.2, -0.15) is 0 Å². The lowest BCUT2D eigenvalue weighted by Crippen LogP contribution is -2.40. The van der Waals surface area contributed by atoms with E-state index in [-0.39, 0.29) is 0 Å². The summed E-state index contributed by atoms with van der Waals surface area (Å²) < 4.78 is 1.10. The van der Waals surface area contributed by atoms with Gasteiger partial charge < -0.3 is 4.98 Å². The smallest absolute Gasteiger partial charge is 0.0985 e. The number of aromatic nitrogens is 2. The molecule has 0 aliphatic heterocycles. The molecule has 0 saturated carbocycles. The van der Waals surface area contributed by atoms with Crippen LogP contribution in [-0.4, -0.2) is 18.0 Å². The van der Waals surface area contributed by atoms with Crippen molar-refractivity contribution in [2.24, 2.45) is 0 Å². The van der Waals surface area contributed by atoms with E-state index in [1.807, 2.05) is 13.1 Å². The predicted octanol–water partition coefficient (Wildman–Crippen LogP) is 3.49. The van der Waals surface area contributed by atoms with Crippen molar-refractivity contribution >= 4 is 40.2 Å². The van der Waals surface area contributed by atoms with Crippen molar-refractivity contribution in [1.82, 2.24) is 9.97 Å². The van der Waals surface area contributed by atoms with Crippen molar-refractivity contribution in [3.8, 4) is 0 Å². The summed E-state index contributed by atoms with van der Waals surface area (Å²) in [4.78, 5) is 8.00. The van der Waals surface area contributed by atoms with E-state index in [0.717, 1.165) is 10.2 Å². The summed E-state index contributed by atoms with van der Waals surface area (Å²) in [5.74, 6) is 0. The topological polar surface area (TPSA) is 28.7 Å². The molecule has 0 aliphatic carbocycles. The van der Waals surface area contributed by atoms with Crippen LogP contribution in [0.1, 0.15) is 11.3 Å². The number of nitrogens with one attached hydrogen (secondary N) is 1. The molecule has 4 heteroatoms. The number of hydrogen-bond acceptors (Lipinski definition) is 1. The number of aryl methyl sites for hydroxylation is 2. The van der Waals surface area contributed by atoms with Crippen molar-refractivity contribution < 1.29 is 0 Å². The molecule has 0 atom stereocenters. The number of aromatic amines is 1. The van der Waals surface area contributed by atoms with E-state index in [0.29, 0.717) is 0 Å². The third kappa shape index (κ3) is 1.74. The summed E-state index contributed by atoms with van der Waals surface area (Å²) in [6.07, 6.45) is 1.98.